The number of ether oxygens (including phenoxy) is 4. The molecule has 0 radical (unpaired) electrons. The number of carboxylic acids is 2. The maximum atomic E-state index is 12.5. The number of carboxylic acid groups (broad SMARTS) is 2. The van der Waals surface area contributed by atoms with Crippen LogP contribution in [0.5, 0.6) is 23.0 Å². The van der Waals surface area contributed by atoms with E-state index in [2.05, 4.69) is 155 Å². The van der Waals surface area contributed by atoms with Crippen LogP contribution in [0, 0.1) is 0 Å². The summed E-state index contributed by atoms with van der Waals surface area (Å²) >= 11 is 11.9. The van der Waals surface area contributed by atoms with Gasteiger partial charge in [0, 0.05) is 78.0 Å². The highest BCUT2D eigenvalue weighted by atomic mass is 36.0. The first kappa shape index (κ1) is 99.1. The van der Waals surface area contributed by atoms with Crippen molar-refractivity contribution in [2.75, 3.05) is 74.7 Å². The summed E-state index contributed by atoms with van der Waals surface area (Å²) in [5, 5.41) is 26.7. The molecule has 11 aromatic carbocycles. The number of para-hydroxylation sites is 4. The number of primary amides is 1. The van der Waals surface area contributed by atoms with Crippen LogP contribution in [0.2, 0.25) is 5.15 Å². The van der Waals surface area contributed by atoms with Crippen LogP contribution < -0.4 is 46.6 Å². The zero-order valence-electron chi connectivity index (χ0n) is 73.8. The fraction of sp³-hybridized carbons (Fsp3) is 0.224. The van der Waals surface area contributed by atoms with E-state index in [9.17, 15) is 24.0 Å². The Bertz CT molecular complexity index is 6490. The van der Waals surface area contributed by atoms with Crippen LogP contribution in [0.25, 0.3) is 32.7 Å². The Kier molecular flexibility index (Phi) is 34.8. The van der Waals surface area contributed by atoms with Crippen molar-refractivity contribution >= 4 is 139 Å². The van der Waals surface area contributed by atoms with Gasteiger partial charge in [0.2, 0.25) is 14.5 Å². The Hall–Kier alpha value is -12.0. The van der Waals surface area contributed by atoms with Gasteiger partial charge in [-0.1, -0.05) is 212 Å². The molecule has 0 spiro atoms. The summed E-state index contributed by atoms with van der Waals surface area (Å²) in [5.41, 5.74) is 28.3. The lowest BCUT2D eigenvalue weighted by Crippen LogP contribution is -2.24. The topological polar surface area (TPSA) is 352 Å². The SMILES string of the molecule is CN1Cc2ccccc2C1C(=O)Cl.CN1Cc2ccccc2C1C(=O)O.COc1cccc(C(N)=O)c1N.COc1cccc2c(=O)[nH]c(C3c4ccccc4CN3C)nc12.COc1cccc2c(Cl)nc(C3c4ccccc4CN3C)nc12.COc1cccc2c(NCc3ccccc3)nc(C3c4ccccc4CN3C)nc12.O=C(O)C1NCc2ccccc21.O=S(Cl)Cl.PP. The zero-order chi connectivity index (χ0) is 94.6. The van der Waals surface area contributed by atoms with Crippen molar-refractivity contribution in [1.29, 1.82) is 0 Å². The Morgan fingerprint density at radius 2 is 0.841 bits per heavy atom. The average molecular weight is 1920 g/mol. The monoisotopic (exact) mass is 1910 g/mol. The molecule has 0 bridgehead atoms. The third-order valence-electron chi connectivity index (χ3n) is 23.0. The van der Waals surface area contributed by atoms with Crippen molar-refractivity contribution in [3.63, 3.8) is 0 Å². The number of hydrogen-bond donors (Lipinski definition) is 7. The highest BCUT2D eigenvalue weighted by molar-refractivity contribution is 8.26. The first-order valence-corrected chi connectivity index (χ1v) is 47.8. The van der Waals surface area contributed by atoms with Crippen molar-refractivity contribution in [1.82, 2.24) is 59.7 Å². The molecule has 8 unspecified atom stereocenters. The highest BCUT2D eigenvalue weighted by Gasteiger charge is 2.37. The Morgan fingerprint density at radius 3 is 1.32 bits per heavy atom. The molecule has 20 rings (SSSR count). The molecule has 6 aliphatic heterocycles. The van der Waals surface area contributed by atoms with Crippen LogP contribution in [0.15, 0.2) is 254 Å². The molecule has 0 saturated carbocycles. The number of H-pyrrole nitrogens is 1. The Balaban J connectivity index is 0.000000141. The lowest BCUT2D eigenvalue weighted by molar-refractivity contribution is -0.142. The summed E-state index contributed by atoms with van der Waals surface area (Å²) in [6, 6.07) is 79.4. The van der Waals surface area contributed by atoms with Gasteiger partial charge in [-0.05, 0) is 168 Å². The number of rotatable bonds is 14. The number of carbonyl (C=O) groups excluding carboxylic acids is 2. The summed E-state index contributed by atoms with van der Waals surface area (Å²) in [6.45, 7) is 5.50. The summed E-state index contributed by atoms with van der Waals surface area (Å²) in [4.78, 5) is 93.5. The first-order valence-electron chi connectivity index (χ1n) is 41.6. The molecule has 1 amide bonds. The van der Waals surface area contributed by atoms with E-state index in [1.807, 2.05) is 183 Å². The average Bonchev–Trinajstić information content (AvgIpc) is 1.55. The van der Waals surface area contributed by atoms with Crippen molar-refractivity contribution in [2.24, 2.45) is 5.73 Å². The summed E-state index contributed by atoms with van der Waals surface area (Å²) in [6.07, 6.45) is 0. The van der Waals surface area contributed by atoms with Gasteiger partial charge in [-0.3, -0.25) is 53.8 Å². The molecule has 684 valence electrons. The lowest BCUT2D eigenvalue weighted by atomic mass is 10.0. The number of anilines is 2. The molecular weight excluding hydrogens is 1810 g/mol. The largest absolute Gasteiger partial charge is 0.495 e. The number of nitrogen functional groups attached to an aromatic ring is 1. The first-order chi connectivity index (χ1) is 63.7. The number of nitrogens with one attached hydrogen (secondary N) is 3. The van der Waals surface area contributed by atoms with E-state index in [4.69, 9.17) is 88.0 Å². The van der Waals surface area contributed by atoms with Crippen molar-refractivity contribution in [3.8, 4) is 23.0 Å². The third-order valence-corrected chi connectivity index (χ3v) is 23.5. The lowest BCUT2D eigenvalue weighted by Gasteiger charge is -2.21. The zero-order valence-corrected chi connectivity index (χ0v) is 79.9. The Morgan fingerprint density at radius 1 is 0.462 bits per heavy atom. The van der Waals surface area contributed by atoms with E-state index in [1.54, 1.807) is 51.7 Å². The quantitative estimate of drug-likeness (QED) is 0.0230. The van der Waals surface area contributed by atoms with Crippen LogP contribution in [-0.4, -0.2) is 156 Å². The molecule has 0 fully saturated rings. The van der Waals surface area contributed by atoms with Crippen molar-refractivity contribution in [3.05, 3.63) is 360 Å². The number of aliphatic carboxylic acids is 2. The fourth-order valence-electron chi connectivity index (χ4n) is 17.0. The number of benzene rings is 11. The molecule has 132 heavy (non-hydrogen) atoms. The third kappa shape index (κ3) is 23.2. The van der Waals surface area contributed by atoms with Gasteiger partial charge in [0.25, 0.3) is 11.5 Å². The minimum atomic E-state index is -1.67. The van der Waals surface area contributed by atoms with Crippen LogP contribution in [0.4, 0.5) is 11.5 Å². The summed E-state index contributed by atoms with van der Waals surface area (Å²) < 4.78 is 30.4. The van der Waals surface area contributed by atoms with Crippen LogP contribution >= 0.6 is 62.4 Å². The maximum absolute atomic E-state index is 12.5. The van der Waals surface area contributed by atoms with E-state index in [0.717, 1.165) is 99.7 Å². The number of methoxy groups -OCH3 is 4. The molecule has 0 aliphatic carbocycles. The van der Waals surface area contributed by atoms with E-state index in [-0.39, 0.29) is 46.2 Å². The summed E-state index contributed by atoms with van der Waals surface area (Å²) in [7, 11) is 28.4. The van der Waals surface area contributed by atoms with Gasteiger partial charge in [0.05, 0.1) is 63.2 Å². The number of nitrogens with two attached hydrogens (primary N) is 2. The number of aromatic nitrogens is 6. The highest BCUT2D eigenvalue weighted by Crippen LogP contribution is 2.43. The number of amides is 1. The molecule has 0 saturated heterocycles. The van der Waals surface area contributed by atoms with Gasteiger partial charge >= 0.3 is 11.9 Å². The van der Waals surface area contributed by atoms with E-state index in [0.29, 0.717) is 58.0 Å². The van der Waals surface area contributed by atoms with Gasteiger partial charge in [0.1, 0.15) is 74.5 Å². The summed E-state index contributed by atoms with van der Waals surface area (Å²) in [5.74, 6) is 3.40. The number of halogens is 4. The molecule has 9 heterocycles. The molecule has 34 heteroatoms. The second-order valence-electron chi connectivity index (χ2n) is 31.2. The Labute approximate surface area is 790 Å². The van der Waals surface area contributed by atoms with Crippen LogP contribution in [0.3, 0.4) is 0 Å². The molecular formula is C98H101Cl4N15O12P2S. The number of likely N-dealkylation sites (N-methyl/N-ethyl adjacent to an activating group) is 2. The molecule has 3 aromatic heterocycles. The van der Waals surface area contributed by atoms with Gasteiger partial charge in [-0.2, -0.15) is 0 Å². The fourth-order valence-corrected chi connectivity index (χ4v) is 17.5. The van der Waals surface area contributed by atoms with E-state index >= 15 is 0 Å². The molecule has 6 aliphatic rings. The van der Waals surface area contributed by atoms with Gasteiger partial charge in [-0.15, -0.1) is 17.9 Å². The van der Waals surface area contributed by atoms with E-state index < -0.39 is 39.2 Å². The van der Waals surface area contributed by atoms with Crippen molar-refractivity contribution < 1.29 is 52.5 Å². The predicted molar refractivity (Wildman–Crippen MR) is 528 cm³/mol. The van der Waals surface area contributed by atoms with Crippen molar-refractivity contribution in [2.45, 2.75) is 82.1 Å². The molecule has 27 nitrogen and oxygen atoms in total. The van der Waals surface area contributed by atoms with Gasteiger partial charge in [0.15, 0.2) is 11.6 Å². The molecule has 9 N–H and O–H groups in total. The minimum Gasteiger partial charge on any atom is -0.495 e. The van der Waals surface area contributed by atoms with E-state index in [1.165, 1.54) is 51.6 Å². The number of fused-ring (bicyclic) bond motifs is 9. The minimum absolute atomic E-state index is 0.0120. The van der Waals surface area contributed by atoms with Gasteiger partial charge < -0.3 is 50.9 Å². The molecule has 8 atom stereocenters. The maximum Gasteiger partial charge on any atom is 0.325 e. The second-order valence-corrected chi connectivity index (χ2v) is 34.5. The standard InChI is InChI=1S/C25H24N4O.C18H16ClN3O.C18H17N3O2.C10H10ClNO.C10H11NO2.C9H9NO2.C8H10N2O2.Cl2OS.H4P2/c1-29-16-18-11-6-7-12-19(18)23(29)25-27-22-20(13-8-14-21(22)30-2)24(28-25)26-15-17-9-4-3-5-10-17;1-22-10-11-6-3-4-7-12(11)16(22)18-20-15-13(17(19)21-18)8-5-9-14(15)23-2;1-21-10-11-6-3-4-7-12(11)16(21)17-19-15-13(18(22)20-17)8-5-9-14(15)23-2;1-12-6-7-4-2-3-5-8(7)9(12)10(11)13;1-11-6-7-4-2-3-5-8(7)9(11)10(12)13;11-9(12)8-7-4-2-1-3-6(7)5-10-8;1-12-6-4-2-3-5(7(6)9)8(10)11;1-4(2)3;1-2/h3-14,23H,15-16H2,1-2H3,(H,26,27,28);3-9,16H,10H2,1-2H3;3-9,16H,10H2,1-2H3,(H,19,20,22);2-5,9H,6H2,1H3;2-5,9H,6H2,1H3,(H,12,13);1-4,8,10H,5H2,(H,11,12);2-4H,9H2,1H3,(H2,10,11);;1-2H2. The number of nitrogens with zero attached hydrogens (tertiary/aromatic N) is 10. The number of carbonyl (C=O) groups is 4. The number of aromatic amines is 1. The van der Waals surface area contributed by atoms with Crippen LogP contribution in [0.1, 0.15) is 136 Å². The smallest absolute Gasteiger partial charge is 0.325 e. The second kappa shape index (κ2) is 46.4. The number of hydrogen-bond acceptors (Lipinski definition) is 23. The molecule has 14 aromatic rings. The van der Waals surface area contributed by atoms with Crippen LogP contribution in [-0.2, 0) is 69.4 Å². The predicted octanol–water partition coefficient (Wildman–Crippen LogP) is 17.3. The normalized spacial score (nSPS) is 16.9. The van der Waals surface area contributed by atoms with Gasteiger partial charge in [-0.25, -0.2) is 29.1 Å².